The van der Waals surface area contributed by atoms with Crippen LogP contribution in [-0.4, -0.2) is 13.7 Å². The molecule has 1 aromatic rings. The minimum absolute atomic E-state index is 0.625. The van der Waals surface area contributed by atoms with E-state index in [1.54, 1.807) is 7.11 Å². The van der Waals surface area contributed by atoms with Crippen molar-refractivity contribution in [2.45, 2.75) is 19.8 Å². The molecule has 2 heteroatoms. The van der Waals surface area contributed by atoms with E-state index in [-0.39, 0.29) is 0 Å². The highest BCUT2D eigenvalue weighted by molar-refractivity contribution is 5.60. The zero-order chi connectivity index (χ0) is 10.1. The molecule has 14 heavy (non-hydrogen) atoms. The third-order valence-electron chi connectivity index (χ3n) is 2.98. The molecule has 0 bridgehead atoms. The van der Waals surface area contributed by atoms with Crippen LogP contribution in [0.2, 0.25) is 0 Å². The molecule has 0 radical (unpaired) electrons. The van der Waals surface area contributed by atoms with Crippen molar-refractivity contribution >= 4 is 5.69 Å². The molecule has 76 valence electrons. The average molecular weight is 191 g/mol. The normalized spacial score (nSPS) is 19.3. The topological polar surface area (TPSA) is 21.3 Å². The Morgan fingerprint density at radius 1 is 1.43 bits per heavy atom. The van der Waals surface area contributed by atoms with Crippen LogP contribution in [-0.2, 0) is 0 Å². The SMILES string of the molecule is COc1ccc2c(c1)C(C(C)C)CN2. The maximum Gasteiger partial charge on any atom is 0.119 e. The van der Waals surface area contributed by atoms with E-state index in [1.165, 1.54) is 11.3 Å². The first-order chi connectivity index (χ1) is 6.72. The Hall–Kier alpha value is -1.18. The first-order valence-electron chi connectivity index (χ1n) is 5.14. The summed E-state index contributed by atoms with van der Waals surface area (Å²) < 4.78 is 5.24. The molecule has 2 rings (SSSR count). The minimum Gasteiger partial charge on any atom is -0.497 e. The summed E-state index contributed by atoms with van der Waals surface area (Å²) >= 11 is 0. The molecule has 0 saturated heterocycles. The van der Waals surface area contributed by atoms with E-state index < -0.39 is 0 Å². The van der Waals surface area contributed by atoms with Crippen LogP contribution in [0.4, 0.5) is 5.69 Å². The summed E-state index contributed by atoms with van der Waals surface area (Å²) in [5.41, 5.74) is 2.67. The highest BCUT2D eigenvalue weighted by Crippen LogP contribution is 2.38. The van der Waals surface area contributed by atoms with E-state index in [4.69, 9.17) is 4.74 Å². The van der Waals surface area contributed by atoms with Gasteiger partial charge in [-0.25, -0.2) is 0 Å². The highest BCUT2D eigenvalue weighted by atomic mass is 16.5. The van der Waals surface area contributed by atoms with E-state index in [0.29, 0.717) is 11.8 Å². The van der Waals surface area contributed by atoms with Crippen LogP contribution in [0.1, 0.15) is 25.3 Å². The Morgan fingerprint density at radius 3 is 2.86 bits per heavy atom. The molecule has 1 heterocycles. The van der Waals surface area contributed by atoms with Gasteiger partial charge in [-0.15, -0.1) is 0 Å². The molecule has 0 spiro atoms. The third-order valence-corrected chi connectivity index (χ3v) is 2.98. The lowest BCUT2D eigenvalue weighted by molar-refractivity contribution is 0.413. The number of benzene rings is 1. The first kappa shape index (κ1) is 9.38. The van der Waals surface area contributed by atoms with E-state index in [2.05, 4.69) is 31.3 Å². The van der Waals surface area contributed by atoms with E-state index in [0.717, 1.165) is 12.3 Å². The fourth-order valence-corrected chi connectivity index (χ4v) is 2.06. The predicted molar refractivity (Wildman–Crippen MR) is 59.1 cm³/mol. The van der Waals surface area contributed by atoms with Gasteiger partial charge in [-0.05, 0) is 29.7 Å². The zero-order valence-electron chi connectivity index (χ0n) is 9.00. The van der Waals surface area contributed by atoms with Crippen molar-refractivity contribution in [3.63, 3.8) is 0 Å². The monoisotopic (exact) mass is 191 g/mol. The molecule has 1 unspecified atom stereocenters. The molecule has 2 nitrogen and oxygen atoms in total. The quantitative estimate of drug-likeness (QED) is 0.776. The molecule has 1 N–H and O–H groups in total. The molecule has 0 saturated carbocycles. The number of nitrogens with one attached hydrogen (secondary N) is 1. The lowest BCUT2D eigenvalue weighted by atomic mass is 9.90. The molecular formula is C12H17NO. The summed E-state index contributed by atoms with van der Waals surface area (Å²) in [5, 5.41) is 3.43. The summed E-state index contributed by atoms with van der Waals surface area (Å²) in [5.74, 6) is 2.26. The number of rotatable bonds is 2. The zero-order valence-corrected chi connectivity index (χ0v) is 9.00. The Balaban J connectivity index is 2.37. The van der Waals surface area contributed by atoms with Crippen molar-refractivity contribution in [2.75, 3.05) is 19.0 Å². The summed E-state index contributed by atoms with van der Waals surface area (Å²) in [6, 6.07) is 6.27. The fraction of sp³-hybridized carbons (Fsp3) is 0.500. The van der Waals surface area contributed by atoms with Crippen molar-refractivity contribution in [1.82, 2.24) is 0 Å². The van der Waals surface area contributed by atoms with Crippen LogP contribution >= 0.6 is 0 Å². The third kappa shape index (κ3) is 1.45. The molecule has 1 aliphatic heterocycles. The summed E-state index contributed by atoms with van der Waals surface area (Å²) in [7, 11) is 1.72. The number of ether oxygens (including phenoxy) is 1. The van der Waals surface area contributed by atoms with E-state index >= 15 is 0 Å². The van der Waals surface area contributed by atoms with Crippen molar-refractivity contribution in [3.8, 4) is 5.75 Å². The summed E-state index contributed by atoms with van der Waals surface area (Å²) in [6.45, 7) is 5.59. The number of hydrogen-bond acceptors (Lipinski definition) is 2. The minimum atomic E-state index is 0.625. The van der Waals surface area contributed by atoms with Gasteiger partial charge in [0.1, 0.15) is 5.75 Å². The Bertz CT molecular complexity index is 333. The second kappa shape index (κ2) is 3.52. The number of hydrogen-bond donors (Lipinski definition) is 1. The van der Waals surface area contributed by atoms with E-state index in [9.17, 15) is 0 Å². The fourth-order valence-electron chi connectivity index (χ4n) is 2.06. The largest absolute Gasteiger partial charge is 0.497 e. The second-order valence-electron chi connectivity index (χ2n) is 4.18. The summed E-state index contributed by atoms with van der Waals surface area (Å²) in [4.78, 5) is 0. The van der Waals surface area contributed by atoms with Gasteiger partial charge in [0.25, 0.3) is 0 Å². The molecular weight excluding hydrogens is 174 g/mol. The van der Waals surface area contributed by atoms with Crippen LogP contribution in [0.5, 0.6) is 5.75 Å². The standard InChI is InChI=1S/C12H17NO/c1-8(2)11-7-13-12-5-4-9(14-3)6-10(11)12/h4-6,8,11,13H,7H2,1-3H3. The van der Waals surface area contributed by atoms with Gasteiger partial charge >= 0.3 is 0 Å². The van der Waals surface area contributed by atoms with Crippen LogP contribution in [0.3, 0.4) is 0 Å². The lowest BCUT2D eigenvalue weighted by Gasteiger charge is -2.14. The maximum atomic E-state index is 5.24. The van der Waals surface area contributed by atoms with Gasteiger partial charge < -0.3 is 10.1 Å². The van der Waals surface area contributed by atoms with Gasteiger partial charge in [-0.3, -0.25) is 0 Å². The Morgan fingerprint density at radius 2 is 2.21 bits per heavy atom. The van der Waals surface area contributed by atoms with Crippen molar-refractivity contribution < 1.29 is 4.74 Å². The number of anilines is 1. The van der Waals surface area contributed by atoms with Crippen molar-refractivity contribution in [2.24, 2.45) is 5.92 Å². The van der Waals surface area contributed by atoms with Crippen molar-refractivity contribution in [3.05, 3.63) is 23.8 Å². The van der Waals surface area contributed by atoms with Gasteiger partial charge in [0.15, 0.2) is 0 Å². The van der Waals surface area contributed by atoms with Gasteiger partial charge in [0.2, 0.25) is 0 Å². The van der Waals surface area contributed by atoms with Gasteiger partial charge in [0, 0.05) is 18.2 Å². The smallest absolute Gasteiger partial charge is 0.119 e. The van der Waals surface area contributed by atoms with Crippen molar-refractivity contribution in [1.29, 1.82) is 0 Å². The van der Waals surface area contributed by atoms with Crippen LogP contribution in [0, 0.1) is 5.92 Å². The van der Waals surface area contributed by atoms with Gasteiger partial charge in [-0.1, -0.05) is 13.8 Å². The molecule has 0 amide bonds. The molecule has 1 aliphatic rings. The average Bonchev–Trinajstić information content (AvgIpc) is 2.59. The molecule has 1 aromatic carbocycles. The lowest BCUT2D eigenvalue weighted by Crippen LogP contribution is -2.08. The molecule has 0 aromatic heterocycles. The first-order valence-corrected chi connectivity index (χ1v) is 5.14. The Kier molecular flexibility index (Phi) is 2.36. The van der Waals surface area contributed by atoms with Gasteiger partial charge in [0.05, 0.1) is 7.11 Å². The maximum absolute atomic E-state index is 5.24. The predicted octanol–water partition coefficient (Wildman–Crippen LogP) is 2.86. The highest BCUT2D eigenvalue weighted by Gasteiger charge is 2.24. The summed E-state index contributed by atoms with van der Waals surface area (Å²) in [6.07, 6.45) is 0. The van der Waals surface area contributed by atoms with Crippen LogP contribution < -0.4 is 10.1 Å². The molecule has 0 fully saturated rings. The van der Waals surface area contributed by atoms with E-state index in [1.807, 2.05) is 6.07 Å². The molecule has 1 atom stereocenters. The van der Waals surface area contributed by atoms with Crippen LogP contribution in [0.25, 0.3) is 0 Å². The second-order valence-corrected chi connectivity index (χ2v) is 4.18. The Labute approximate surface area is 85.3 Å². The van der Waals surface area contributed by atoms with Crippen LogP contribution in [0.15, 0.2) is 18.2 Å². The number of fused-ring (bicyclic) bond motifs is 1. The van der Waals surface area contributed by atoms with Gasteiger partial charge in [-0.2, -0.15) is 0 Å². The number of methoxy groups -OCH3 is 1. The molecule has 0 aliphatic carbocycles.